The molecule has 0 radical (unpaired) electrons. The van der Waals surface area contributed by atoms with Crippen molar-refractivity contribution in [3.8, 4) is 34.1 Å². The van der Waals surface area contributed by atoms with Crippen LogP contribution in [0.1, 0.15) is 68.1 Å². The minimum atomic E-state index is -0.946. The second kappa shape index (κ2) is 22.0. The largest absolute Gasteiger partial charge is 0.507 e. The topological polar surface area (TPSA) is 144 Å². The summed E-state index contributed by atoms with van der Waals surface area (Å²) in [5.41, 5.74) is 8.53. The Kier molecular flexibility index (Phi) is 16.9. The first-order valence-corrected chi connectivity index (χ1v) is 19.5. The first-order valence-electron chi connectivity index (χ1n) is 19.5. The molecule has 12 heteroatoms. The minimum absolute atomic E-state index is 0.0710. The van der Waals surface area contributed by atoms with Crippen LogP contribution in [0.3, 0.4) is 0 Å². The van der Waals surface area contributed by atoms with Crippen LogP contribution in [0, 0.1) is 0 Å². The number of hydrogen-bond acceptors (Lipinski definition) is 12. The lowest BCUT2D eigenvalue weighted by molar-refractivity contribution is 0.00159. The predicted octanol–water partition coefficient (Wildman–Crippen LogP) is 8.40. The molecule has 60 heavy (non-hydrogen) atoms. The van der Waals surface area contributed by atoms with Gasteiger partial charge < -0.3 is 58.0 Å². The van der Waals surface area contributed by atoms with Crippen LogP contribution in [-0.2, 0) is 96.2 Å². The predicted molar refractivity (Wildman–Crippen MR) is 227 cm³/mol. The van der Waals surface area contributed by atoms with Crippen LogP contribution in [0.5, 0.6) is 23.0 Å². The standard InChI is InChI=1S/C48H58O12/c1-48(41-16-35(23-53-3)45(50)36(17-41)24-54-4,42-18-37(25-55-5)46(51)38(19-42)26-56-6)43-20-39(27-57-7)47(40(21-43)28-58-8)60-30-59-29-34-15-32(31-12-10-9-11-13-31)14-33(22-52-2)44(34)49/h9-21,49-51H,22-30H2,1-8H3. The highest BCUT2D eigenvalue weighted by atomic mass is 16.7. The van der Waals surface area contributed by atoms with Gasteiger partial charge in [-0.2, -0.15) is 0 Å². The van der Waals surface area contributed by atoms with Gasteiger partial charge in [0.25, 0.3) is 0 Å². The number of benzene rings is 5. The molecule has 0 aliphatic heterocycles. The van der Waals surface area contributed by atoms with Crippen molar-refractivity contribution >= 4 is 0 Å². The summed E-state index contributed by atoms with van der Waals surface area (Å²) in [6, 6.07) is 25.5. The molecule has 0 unspecified atom stereocenters. The summed E-state index contributed by atoms with van der Waals surface area (Å²) in [4.78, 5) is 0. The van der Waals surface area contributed by atoms with Crippen LogP contribution < -0.4 is 4.74 Å². The van der Waals surface area contributed by atoms with Gasteiger partial charge in [-0.05, 0) is 83.3 Å². The third-order valence-corrected chi connectivity index (χ3v) is 10.5. The van der Waals surface area contributed by atoms with Crippen molar-refractivity contribution in [2.24, 2.45) is 0 Å². The molecule has 0 fully saturated rings. The molecule has 12 nitrogen and oxygen atoms in total. The lowest BCUT2D eigenvalue weighted by Crippen LogP contribution is -2.27. The Hall–Kier alpha value is -5.02. The van der Waals surface area contributed by atoms with Gasteiger partial charge in [0.1, 0.15) is 23.0 Å². The van der Waals surface area contributed by atoms with Crippen molar-refractivity contribution in [1.82, 2.24) is 0 Å². The third-order valence-electron chi connectivity index (χ3n) is 10.5. The summed E-state index contributed by atoms with van der Waals surface area (Å²) in [5, 5.41) is 33.8. The Labute approximate surface area is 353 Å². The van der Waals surface area contributed by atoms with Crippen LogP contribution in [-0.4, -0.2) is 71.9 Å². The number of aromatic hydroxyl groups is 3. The number of ether oxygens (including phenoxy) is 9. The molecule has 5 aromatic rings. The molecular formula is C48H58O12. The van der Waals surface area contributed by atoms with Gasteiger partial charge in [0, 0.05) is 99.7 Å². The van der Waals surface area contributed by atoms with Gasteiger partial charge in [0.05, 0.1) is 52.9 Å². The second-order valence-electron chi connectivity index (χ2n) is 14.7. The zero-order valence-electron chi connectivity index (χ0n) is 35.9. The molecule has 0 amide bonds. The van der Waals surface area contributed by atoms with Crippen LogP contribution in [0.25, 0.3) is 11.1 Å². The van der Waals surface area contributed by atoms with Crippen LogP contribution in [0.4, 0.5) is 0 Å². The number of rotatable bonds is 23. The molecule has 0 saturated carbocycles. The average Bonchev–Trinajstić information content (AvgIpc) is 3.24. The van der Waals surface area contributed by atoms with E-state index in [1.54, 1.807) is 49.8 Å². The molecule has 322 valence electrons. The Morgan fingerprint density at radius 3 is 1.08 bits per heavy atom. The number of hydrogen-bond donors (Lipinski definition) is 3. The minimum Gasteiger partial charge on any atom is -0.507 e. The van der Waals surface area contributed by atoms with E-state index in [9.17, 15) is 15.3 Å². The summed E-state index contributed by atoms with van der Waals surface area (Å²) in [5.74, 6) is 0.821. The molecule has 0 heterocycles. The number of phenols is 3. The lowest BCUT2D eigenvalue weighted by Gasteiger charge is -2.35. The highest BCUT2D eigenvalue weighted by molar-refractivity contribution is 5.67. The van der Waals surface area contributed by atoms with Crippen LogP contribution in [0.15, 0.2) is 78.9 Å². The quantitative estimate of drug-likeness (QED) is 0.0331. The van der Waals surface area contributed by atoms with Crippen LogP contribution in [0.2, 0.25) is 0 Å². The van der Waals surface area contributed by atoms with E-state index in [1.807, 2.05) is 78.9 Å². The molecule has 0 aromatic heterocycles. The van der Waals surface area contributed by atoms with Gasteiger partial charge in [-0.3, -0.25) is 0 Å². The Morgan fingerprint density at radius 1 is 0.400 bits per heavy atom. The van der Waals surface area contributed by atoms with Crippen molar-refractivity contribution in [2.75, 3.05) is 56.6 Å². The van der Waals surface area contributed by atoms with E-state index < -0.39 is 5.41 Å². The summed E-state index contributed by atoms with van der Waals surface area (Å²) >= 11 is 0. The second-order valence-corrected chi connectivity index (χ2v) is 14.7. The van der Waals surface area contributed by atoms with Crippen LogP contribution >= 0.6 is 0 Å². The maximum absolute atomic E-state index is 11.3. The van der Waals surface area contributed by atoms with Crippen molar-refractivity contribution in [3.63, 3.8) is 0 Å². The molecule has 0 aliphatic rings. The summed E-state index contributed by atoms with van der Waals surface area (Å²) in [6.07, 6.45) is 0. The molecule has 5 rings (SSSR count). The van der Waals surface area contributed by atoms with Crippen molar-refractivity contribution in [1.29, 1.82) is 0 Å². The Morgan fingerprint density at radius 2 is 0.717 bits per heavy atom. The highest BCUT2D eigenvalue weighted by Gasteiger charge is 2.36. The highest BCUT2D eigenvalue weighted by Crippen LogP contribution is 2.46. The molecule has 0 spiro atoms. The van der Waals surface area contributed by atoms with E-state index in [0.717, 1.165) is 38.9 Å². The maximum Gasteiger partial charge on any atom is 0.189 e. The van der Waals surface area contributed by atoms with Gasteiger partial charge in [0.2, 0.25) is 0 Å². The molecule has 0 bridgehead atoms. The summed E-state index contributed by atoms with van der Waals surface area (Å²) in [7, 11) is 11.1. The van der Waals surface area contributed by atoms with E-state index in [1.165, 1.54) is 0 Å². The third kappa shape index (κ3) is 10.5. The SMILES string of the molecule is COCc1cc(C(C)(c2cc(COC)c(O)c(COC)c2)c2cc(COC)c(OCOCc3cc(-c4ccccc4)cc(COC)c3O)c(COC)c2)cc(COC)c1O. The molecular weight excluding hydrogens is 769 g/mol. The zero-order valence-corrected chi connectivity index (χ0v) is 35.9. The van der Waals surface area contributed by atoms with Gasteiger partial charge in [0.15, 0.2) is 6.79 Å². The fourth-order valence-corrected chi connectivity index (χ4v) is 7.60. The first kappa shape index (κ1) is 46.1. The molecule has 3 N–H and O–H groups in total. The van der Waals surface area contributed by atoms with Gasteiger partial charge in [-0.1, -0.05) is 30.3 Å². The van der Waals surface area contributed by atoms with E-state index in [4.69, 9.17) is 42.6 Å². The van der Waals surface area contributed by atoms with Gasteiger partial charge in [-0.15, -0.1) is 0 Å². The normalized spacial score (nSPS) is 11.7. The van der Waals surface area contributed by atoms with E-state index in [-0.39, 0.29) is 76.9 Å². The average molecular weight is 827 g/mol. The Balaban J connectivity index is 1.63. The van der Waals surface area contributed by atoms with Crippen molar-refractivity contribution < 1.29 is 58.0 Å². The monoisotopic (exact) mass is 826 g/mol. The van der Waals surface area contributed by atoms with Gasteiger partial charge in [-0.25, -0.2) is 0 Å². The molecule has 0 saturated heterocycles. The van der Waals surface area contributed by atoms with Crippen molar-refractivity contribution in [2.45, 2.75) is 65.2 Å². The number of methoxy groups -OCH3 is 7. The lowest BCUT2D eigenvalue weighted by atomic mass is 9.69. The van der Waals surface area contributed by atoms with E-state index >= 15 is 0 Å². The maximum atomic E-state index is 11.3. The fourth-order valence-electron chi connectivity index (χ4n) is 7.60. The van der Waals surface area contributed by atoms with Crippen molar-refractivity contribution in [3.05, 3.63) is 140 Å². The molecule has 5 aromatic carbocycles. The molecule has 0 atom stereocenters. The summed E-state index contributed by atoms with van der Waals surface area (Å²) in [6.45, 7) is 3.26. The Bertz CT molecular complexity index is 2020. The summed E-state index contributed by atoms with van der Waals surface area (Å²) < 4.78 is 51.6. The molecule has 0 aliphatic carbocycles. The number of phenolic OH excluding ortho intramolecular Hbond substituents is 3. The smallest absolute Gasteiger partial charge is 0.189 e. The zero-order chi connectivity index (χ0) is 43.2. The van der Waals surface area contributed by atoms with E-state index in [0.29, 0.717) is 39.1 Å². The van der Waals surface area contributed by atoms with E-state index in [2.05, 4.69) is 6.92 Å². The fraction of sp³-hybridized carbons (Fsp3) is 0.375. The van der Waals surface area contributed by atoms with Gasteiger partial charge >= 0.3 is 0 Å². The first-order chi connectivity index (χ1) is 29.1.